The van der Waals surface area contributed by atoms with Crippen LogP contribution in [0.4, 0.5) is 10.1 Å². The molecule has 5 aromatic rings. The van der Waals surface area contributed by atoms with Gasteiger partial charge < -0.3 is 24.2 Å². The number of nitrogens with zero attached hydrogens (tertiary/aromatic N) is 2. The summed E-state index contributed by atoms with van der Waals surface area (Å²) in [7, 11) is 0. The van der Waals surface area contributed by atoms with Gasteiger partial charge >= 0.3 is 0 Å². The Hall–Kier alpha value is -4.59. The van der Waals surface area contributed by atoms with Gasteiger partial charge in [0.1, 0.15) is 11.5 Å². The van der Waals surface area contributed by atoms with Crippen LogP contribution in [-0.4, -0.2) is 27.9 Å². The summed E-state index contributed by atoms with van der Waals surface area (Å²) in [5, 5.41) is 4.27. The van der Waals surface area contributed by atoms with Crippen LogP contribution in [0, 0.1) is 5.82 Å². The third-order valence-electron chi connectivity index (χ3n) is 6.16. The van der Waals surface area contributed by atoms with E-state index in [-0.39, 0.29) is 11.5 Å². The third kappa shape index (κ3) is 4.17. The van der Waals surface area contributed by atoms with Gasteiger partial charge in [0.25, 0.3) is 11.8 Å². The first-order chi connectivity index (χ1) is 17.5. The number of aromatic amines is 1. The number of carbonyl (C=O) groups is 2. The number of fused-ring (bicyclic) bond motifs is 2. The van der Waals surface area contributed by atoms with Crippen LogP contribution in [0.2, 0.25) is 0 Å². The first kappa shape index (κ1) is 23.2. The molecule has 0 aliphatic rings. The van der Waals surface area contributed by atoms with Gasteiger partial charge in [0.05, 0.1) is 12.0 Å². The fraction of sp³-hybridized carbons (Fsp3) is 0.143. The lowest BCUT2D eigenvalue weighted by atomic mass is 10.1. The maximum Gasteiger partial charge on any atom is 0.291 e. The van der Waals surface area contributed by atoms with Gasteiger partial charge in [-0.15, -0.1) is 0 Å². The number of hydrogen-bond donors (Lipinski definition) is 2. The number of likely N-dealkylation sites (N-methyl/N-ethyl adjacent to an activating group) is 1. The van der Waals surface area contributed by atoms with Crippen molar-refractivity contribution in [2.24, 2.45) is 0 Å². The highest BCUT2D eigenvalue weighted by Gasteiger charge is 2.25. The lowest BCUT2D eigenvalue weighted by molar-refractivity contribution is -0.115. The van der Waals surface area contributed by atoms with Gasteiger partial charge in [0.15, 0.2) is 5.76 Å². The number of aromatic nitrogens is 2. The molecule has 0 unspecified atom stereocenters. The van der Waals surface area contributed by atoms with Crippen molar-refractivity contribution < 1.29 is 18.4 Å². The monoisotopic (exact) mass is 484 g/mol. The van der Waals surface area contributed by atoms with Gasteiger partial charge in [-0.3, -0.25) is 9.59 Å². The van der Waals surface area contributed by atoms with E-state index in [9.17, 15) is 14.0 Å². The van der Waals surface area contributed by atoms with E-state index >= 15 is 0 Å². The van der Waals surface area contributed by atoms with Gasteiger partial charge in [-0.1, -0.05) is 18.2 Å². The van der Waals surface area contributed by atoms with E-state index in [4.69, 9.17) is 4.42 Å². The van der Waals surface area contributed by atoms with Gasteiger partial charge in [0, 0.05) is 52.9 Å². The van der Waals surface area contributed by atoms with Gasteiger partial charge in [-0.25, -0.2) is 4.39 Å². The number of carbonyl (C=O) groups excluding carboxylic acids is 2. The Morgan fingerprint density at radius 3 is 2.69 bits per heavy atom. The van der Waals surface area contributed by atoms with E-state index in [1.807, 2.05) is 44.3 Å². The van der Waals surface area contributed by atoms with Gasteiger partial charge in [-0.2, -0.15) is 0 Å². The fourth-order valence-corrected chi connectivity index (χ4v) is 4.42. The number of hydrogen-bond acceptors (Lipinski definition) is 3. The number of H-pyrrole nitrogens is 1. The standard InChI is InChI=1S/C28H25FN4O3/c1-3-32-17-18(20-8-5-6-9-24(20)32)14-23(31-27(34)26-10-7-13-36-26)28(35)33(4-2)25-16-30-22-12-11-19(29)15-21(22)25/h5-17,30H,3-4H2,1-2H3,(H,31,34)/b23-14-. The number of amides is 2. The maximum absolute atomic E-state index is 14.0. The minimum atomic E-state index is -0.542. The molecule has 36 heavy (non-hydrogen) atoms. The smallest absolute Gasteiger partial charge is 0.291 e. The molecule has 2 aromatic carbocycles. The van der Waals surface area contributed by atoms with Crippen LogP contribution in [0.15, 0.2) is 83.4 Å². The summed E-state index contributed by atoms with van der Waals surface area (Å²) in [5.74, 6) is -1.29. The zero-order valence-electron chi connectivity index (χ0n) is 19.9. The zero-order chi connectivity index (χ0) is 25.2. The molecule has 0 bridgehead atoms. The minimum Gasteiger partial charge on any atom is -0.459 e. The molecular weight excluding hydrogens is 459 g/mol. The second-order valence-electron chi connectivity index (χ2n) is 8.29. The number of halogens is 1. The molecule has 0 spiro atoms. The Kier molecular flexibility index (Phi) is 6.16. The number of para-hydroxylation sites is 1. The fourth-order valence-electron chi connectivity index (χ4n) is 4.42. The first-order valence-corrected chi connectivity index (χ1v) is 11.7. The molecule has 0 atom stereocenters. The number of aryl methyl sites for hydroxylation is 1. The van der Waals surface area contributed by atoms with Crippen LogP contribution in [0.1, 0.15) is 30.0 Å². The predicted molar refractivity (Wildman–Crippen MR) is 138 cm³/mol. The van der Waals surface area contributed by atoms with Crippen LogP contribution >= 0.6 is 0 Å². The minimum absolute atomic E-state index is 0.0722. The summed E-state index contributed by atoms with van der Waals surface area (Å²) in [6.45, 7) is 4.91. The van der Waals surface area contributed by atoms with Crippen molar-refractivity contribution in [1.82, 2.24) is 14.9 Å². The number of rotatable bonds is 7. The van der Waals surface area contributed by atoms with Gasteiger partial charge in [0.2, 0.25) is 0 Å². The van der Waals surface area contributed by atoms with Crippen molar-refractivity contribution in [2.45, 2.75) is 20.4 Å². The Labute approximate surface area is 206 Å². The number of nitrogens with one attached hydrogen (secondary N) is 2. The molecule has 8 heteroatoms. The highest BCUT2D eigenvalue weighted by atomic mass is 19.1. The SMILES string of the molecule is CCN(C(=O)/C(=C/c1cn(CC)c2ccccc12)NC(=O)c1ccco1)c1c[nH]c2ccc(F)cc12. The summed E-state index contributed by atoms with van der Waals surface area (Å²) in [5.41, 5.74) is 3.11. The van der Waals surface area contributed by atoms with E-state index in [2.05, 4.69) is 14.9 Å². The van der Waals surface area contributed by atoms with E-state index in [1.54, 1.807) is 24.4 Å². The Bertz CT molecular complexity index is 1590. The van der Waals surface area contributed by atoms with Crippen molar-refractivity contribution in [2.75, 3.05) is 11.4 Å². The molecule has 3 heterocycles. The number of furan rings is 1. The quantitative estimate of drug-likeness (QED) is 0.291. The predicted octanol–water partition coefficient (Wildman–Crippen LogP) is 5.70. The molecule has 3 aromatic heterocycles. The molecule has 0 saturated heterocycles. The maximum atomic E-state index is 14.0. The molecule has 0 aliphatic heterocycles. The second-order valence-corrected chi connectivity index (χ2v) is 8.29. The lowest BCUT2D eigenvalue weighted by Crippen LogP contribution is -2.38. The summed E-state index contributed by atoms with van der Waals surface area (Å²) < 4.78 is 21.3. The molecule has 7 nitrogen and oxygen atoms in total. The first-order valence-electron chi connectivity index (χ1n) is 11.7. The summed E-state index contributed by atoms with van der Waals surface area (Å²) >= 11 is 0. The topological polar surface area (TPSA) is 83.3 Å². The molecule has 0 aliphatic carbocycles. The van der Waals surface area contributed by atoms with E-state index in [1.165, 1.54) is 29.4 Å². The Balaban J connectivity index is 1.61. The molecule has 0 saturated carbocycles. The average molecular weight is 485 g/mol. The molecule has 2 N–H and O–H groups in total. The molecule has 182 valence electrons. The number of benzene rings is 2. The van der Waals surface area contributed by atoms with Crippen molar-refractivity contribution in [3.63, 3.8) is 0 Å². The van der Waals surface area contributed by atoms with Crippen LogP contribution in [0.5, 0.6) is 0 Å². The molecule has 5 rings (SSSR count). The third-order valence-corrected chi connectivity index (χ3v) is 6.16. The highest BCUT2D eigenvalue weighted by Crippen LogP contribution is 2.29. The number of anilines is 1. The Morgan fingerprint density at radius 2 is 1.94 bits per heavy atom. The van der Waals surface area contributed by atoms with E-state index in [0.717, 1.165) is 23.0 Å². The van der Waals surface area contributed by atoms with Gasteiger partial charge in [-0.05, 0) is 56.3 Å². The normalized spacial score (nSPS) is 11.8. The van der Waals surface area contributed by atoms with Crippen LogP contribution in [0.25, 0.3) is 27.9 Å². The van der Waals surface area contributed by atoms with Crippen LogP contribution in [0.3, 0.4) is 0 Å². The van der Waals surface area contributed by atoms with Crippen molar-refractivity contribution in [3.8, 4) is 0 Å². The molecule has 0 radical (unpaired) electrons. The molecular formula is C28H25FN4O3. The van der Waals surface area contributed by atoms with Crippen LogP contribution in [-0.2, 0) is 11.3 Å². The largest absolute Gasteiger partial charge is 0.459 e. The lowest BCUT2D eigenvalue weighted by Gasteiger charge is -2.22. The van der Waals surface area contributed by atoms with E-state index < -0.39 is 17.6 Å². The second kappa shape index (κ2) is 9.58. The van der Waals surface area contributed by atoms with Crippen molar-refractivity contribution in [1.29, 1.82) is 0 Å². The molecule has 2 amide bonds. The zero-order valence-corrected chi connectivity index (χ0v) is 19.9. The highest BCUT2D eigenvalue weighted by molar-refractivity contribution is 6.15. The van der Waals surface area contributed by atoms with E-state index in [0.29, 0.717) is 23.1 Å². The summed E-state index contributed by atoms with van der Waals surface area (Å²) in [6.07, 6.45) is 6.69. The van der Waals surface area contributed by atoms with Crippen LogP contribution < -0.4 is 10.2 Å². The summed E-state index contributed by atoms with van der Waals surface area (Å²) in [6, 6.07) is 15.4. The van der Waals surface area contributed by atoms with Crippen molar-refractivity contribution >= 4 is 45.4 Å². The summed E-state index contributed by atoms with van der Waals surface area (Å²) in [4.78, 5) is 31.4. The van der Waals surface area contributed by atoms with Crippen molar-refractivity contribution in [3.05, 3.63) is 96.1 Å². The Morgan fingerprint density at radius 1 is 1.11 bits per heavy atom. The molecule has 0 fully saturated rings. The average Bonchev–Trinajstić information content (AvgIpc) is 3.64.